The Morgan fingerprint density at radius 2 is 1.76 bits per heavy atom. The van der Waals surface area contributed by atoms with Crippen LogP contribution >= 0.6 is 12.2 Å². The molecule has 4 nitrogen and oxygen atoms in total. The first-order valence-electron chi connectivity index (χ1n) is 7.73. The summed E-state index contributed by atoms with van der Waals surface area (Å²) in [6.45, 7) is 13.7. The predicted octanol–water partition coefficient (Wildman–Crippen LogP) is 3.38. The molecule has 1 rings (SSSR count). The highest BCUT2D eigenvalue weighted by Crippen LogP contribution is 2.26. The molecule has 0 aliphatic heterocycles. The first kappa shape index (κ1) is 17.8. The molecule has 0 atom stereocenters. The van der Waals surface area contributed by atoms with Gasteiger partial charge in [-0.15, -0.1) is 5.10 Å². The Balaban J connectivity index is 3.43. The lowest BCUT2D eigenvalue weighted by atomic mass is 10.0. The zero-order chi connectivity index (χ0) is 16.2. The first-order chi connectivity index (χ1) is 9.83. The van der Waals surface area contributed by atoms with E-state index in [9.17, 15) is 0 Å². The molecule has 0 unspecified atom stereocenters. The Kier molecular flexibility index (Phi) is 6.52. The zero-order valence-electron chi connectivity index (χ0n) is 14.1. The summed E-state index contributed by atoms with van der Waals surface area (Å²) in [5.74, 6) is 1.38. The molecule has 0 saturated carbocycles. The molecule has 21 heavy (non-hydrogen) atoms. The molecule has 0 fully saturated rings. The summed E-state index contributed by atoms with van der Waals surface area (Å²) in [6, 6.07) is 0.428. The van der Waals surface area contributed by atoms with Gasteiger partial charge in [-0.05, 0) is 38.2 Å². The summed E-state index contributed by atoms with van der Waals surface area (Å²) in [4.78, 5) is 2.73. The third-order valence-electron chi connectivity index (χ3n) is 3.90. The van der Waals surface area contributed by atoms with Crippen LogP contribution in [0.2, 0.25) is 0 Å². The monoisotopic (exact) mass is 308 g/mol. The lowest BCUT2D eigenvalue weighted by Crippen LogP contribution is -2.40. The van der Waals surface area contributed by atoms with Gasteiger partial charge in [0.15, 0.2) is 5.82 Å². The van der Waals surface area contributed by atoms with Crippen molar-refractivity contribution in [1.82, 2.24) is 10.2 Å². The number of hydrogen-bond acceptors (Lipinski definition) is 4. The molecule has 118 valence electrons. The second kappa shape index (κ2) is 7.69. The molecule has 0 bridgehead atoms. The van der Waals surface area contributed by atoms with E-state index < -0.39 is 0 Å². The Labute approximate surface area is 134 Å². The fourth-order valence-electron chi connectivity index (χ4n) is 2.62. The number of nitrogens with two attached hydrogens (primary N) is 1. The second-order valence-corrected chi connectivity index (χ2v) is 6.43. The minimum Gasteiger partial charge on any atom is -0.389 e. The largest absolute Gasteiger partial charge is 0.389 e. The van der Waals surface area contributed by atoms with Crippen LogP contribution in [0.15, 0.2) is 0 Å². The average Bonchev–Trinajstić information content (AvgIpc) is 2.41. The molecule has 0 saturated heterocycles. The maximum atomic E-state index is 5.97. The normalized spacial score (nSPS) is 11.2. The molecule has 5 heteroatoms. The Bertz CT molecular complexity index is 495. The van der Waals surface area contributed by atoms with E-state index in [4.69, 9.17) is 18.0 Å². The molecule has 2 N–H and O–H groups in total. The third-order valence-corrected chi connectivity index (χ3v) is 4.10. The van der Waals surface area contributed by atoms with Gasteiger partial charge in [0.25, 0.3) is 0 Å². The van der Waals surface area contributed by atoms with Gasteiger partial charge in [0, 0.05) is 12.6 Å². The van der Waals surface area contributed by atoms with Crippen molar-refractivity contribution in [2.75, 3.05) is 11.4 Å². The minimum absolute atomic E-state index is 0.403. The van der Waals surface area contributed by atoms with Crippen molar-refractivity contribution in [2.24, 2.45) is 11.7 Å². The highest BCUT2D eigenvalue weighted by molar-refractivity contribution is 7.80. The van der Waals surface area contributed by atoms with E-state index in [0.717, 1.165) is 42.0 Å². The van der Waals surface area contributed by atoms with Crippen molar-refractivity contribution in [3.05, 3.63) is 16.8 Å². The summed E-state index contributed by atoms with van der Waals surface area (Å²) in [5, 5.41) is 8.73. The molecule has 0 amide bonds. The van der Waals surface area contributed by atoms with Crippen LogP contribution < -0.4 is 10.6 Å². The van der Waals surface area contributed by atoms with Crippen molar-refractivity contribution in [3.63, 3.8) is 0 Å². The lowest BCUT2D eigenvalue weighted by Gasteiger charge is -2.34. The van der Waals surface area contributed by atoms with Crippen LogP contribution in [0.3, 0.4) is 0 Å². The molecule has 1 aromatic heterocycles. The fourth-order valence-corrected chi connectivity index (χ4v) is 2.87. The standard InChI is InChI=1S/C16H28N4S/c1-7-13(8-2)20(9-10(3)4)16-14(15(17)21)11(5)12(6)18-19-16/h10,13H,7-9H2,1-6H3,(H2,17,21). The summed E-state index contributed by atoms with van der Waals surface area (Å²) >= 11 is 5.27. The van der Waals surface area contributed by atoms with Gasteiger partial charge in [0.2, 0.25) is 0 Å². The quantitative estimate of drug-likeness (QED) is 0.783. The van der Waals surface area contributed by atoms with Gasteiger partial charge in [0.05, 0.1) is 11.3 Å². The van der Waals surface area contributed by atoms with Gasteiger partial charge in [-0.3, -0.25) is 0 Å². The highest BCUT2D eigenvalue weighted by Gasteiger charge is 2.24. The third kappa shape index (κ3) is 4.13. The van der Waals surface area contributed by atoms with E-state index in [-0.39, 0.29) is 0 Å². The molecule has 1 aromatic rings. The smallest absolute Gasteiger partial charge is 0.162 e. The van der Waals surface area contributed by atoms with Crippen LogP contribution in [0.25, 0.3) is 0 Å². The first-order valence-corrected chi connectivity index (χ1v) is 8.14. The van der Waals surface area contributed by atoms with E-state index >= 15 is 0 Å². The van der Waals surface area contributed by atoms with Crippen molar-refractivity contribution in [2.45, 2.75) is 60.4 Å². The number of rotatable bonds is 7. The van der Waals surface area contributed by atoms with Crippen LogP contribution in [-0.4, -0.2) is 27.8 Å². The van der Waals surface area contributed by atoms with Crippen molar-refractivity contribution >= 4 is 23.0 Å². The van der Waals surface area contributed by atoms with Crippen LogP contribution in [0, 0.1) is 19.8 Å². The van der Waals surface area contributed by atoms with Crippen LogP contribution in [0.4, 0.5) is 5.82 Å². The molecule has 0 aliphatic rings. The molecular weight excluding hydrogens is 280 g/mol. The molecule has 0 aromatic carbocycles. The predicted molar refractivity (Wildman–Crippen MR) is 93.9 cm³/mol. The summed E-state index contributed by atoms with van der Waals surface area (Å²) in [5.41, 5.74) is 8.77. The number of aryl methyl sites for hydroxylation is 1. The molecule has 0 spiro atoms. The van der Waals surface area contributed by atoms with Crippen molar-refractivity contribution < 1.29 is 0 Å². The SMILES string of the molecule is CCC(CC)N(CC(C)C)c1nnc(C)c(C)c1C(N)=S. The van der Waals surface area contributed by atoms with Gasteiger partial charge in [-0.1, -0.05) is 39.9 Å². The Hall–Kier alpha value is -1.23. The molecule has 0 radical (unpaired) electrons. The maximum Gasteiger partial charge on any atom is 0.162 e. The van der Waals surface area contributed by atoms with Gasteiger partial charge in [-0.25, -0.2) is 0 Å². The van der Waals surface area contributed by atoms with Gasteiger partial charge < -0.3 is 10.6 Å². The van der Waals surface area contributed by atoms with Crippen molar-refractivity contribution in [1.29, 1.82) is 0 Å². The molecular formula is C16H28N4S. The van der Waals surface area contributed by atoms with Crippen LogP contribution in [0.1, 0.15) is 57.4 Å². The number of hydrogen-bond donors (Lipinski definition) is 1. The number of aromatic nitrogens is 2. The summed E-state index contributed by atoms with van der Waals surface area (Å²) < 4.78 is 0. The number of nitrogens with zero attached hydrogens (tertiary/aromatic N) is 3. The zero-order valence-corrected chi connectivity index (χ0v) is 14.9. The van der Waals surface area contributed by atoms with E-state index in [2.05, 4.69) is 42.8 Å². The Morgan fingerprint density at radius 3 is 2.19 bits per heavy atom. The van der Waals surface area contributed by atoms with Gasteiger partial charge in [-0.2, -0.15) is 5.10 Å². The average molecular weight is 308 g/mol. The number of anilines is 1. The molecule has 1 heterocycles. The van der Waals surface area contributed by atoms with Crippen LogP contribution in [0.5, 0.6) is 0 Å². The van der Waals surface area contributed by atoms with Gasteiger partial charge >= 0.3 is 0 Å². The second-order valence-electron chi connectivity index (χ2n) is 5.99. The van der Waals surface area contributed by atoms with Gasteiger partial charge in [0.1, 0.15) is 4.99 Å². The van der Waals surface area contributed by atoms with Crippen molar-refractivity contribution in [3.8, 4) is 0 Å². The fraction of sp³-hybridized carbons (Fsp3) is 0.688. The van der Waals surface area contributed by atoms with E-state index in [0.29, 0.717) is 16.9 Å². The summed E-state index contributed by atoms with van der Waals surface area (Å²) in [6.07, 6.45) is 2.13. The number of thiocarbonyl (C=S) groups is 1. The lowest BCUT2D eigenvalue weighted by molar-refractivity contribution is 0.501. The molecule has 0 aliphatic carbocycles. The Morgan fingerprint density at radius 1 is 1.19 bits per heavy atom. The maximum absolute atomic E-state index is 5.97. The van der Waals surface area contributed by atoms with E-state index in [1.54, 1.807) is 0 Å². The van der Waals surface area contributed by atoms with Crippen LogP contribution in [-0.2, 0) is 0 Å². The highest BCUT2D eigenvalue weighted by atomic mass is 32.1. The van der Waals surface area contributed by atoms with E-state index in [1.165, 1.54) is 0 Å². The van der Waals surface area contributed by atoms with E-state index in [1.807, 2.05) is 13.8 Å². The minimum atomic E-state index is 0.403. The summed E-state index contributed by atoms with van der Waals surface area (Å²) in [7, 11) is 0. The topological polar surface area (TPSA) is 55.0 Å².